The topological polar surface area (TPSA) is 97.1 Å². The molecule has 1 aromatic heterocycles. The van der Waals surface area contributed by atoms with Crippen molar-refractivity contribution in [3.05, 3.63) is 46.4 Å². The normalized spacial score (nSPS) is 11.6. The lowest BCUT2D eigenvalue weighted by atomic mass is 10.2. The van der Waals surface area contributed by atoms with Crippen LogP contribution in [0.3, 0.4) is 0 Å². The standard InChI is InChI=1S/C14H13BrN4O2S2/c1-8-2-4-10(5-3-8)23(20,21)19-9-6-11(15)13-12(7-9)22-14(17-13)18-16/h2-7,19H,16H2,1H3,(H,17,18). The molecule has 0 fully saturated rings. The fourth-order valence-electron chi connectivity index (χ4n) is 2.04. The number of halogens is 1. The predicted molar refractivity (Wildman–Crippen MR) is 97.1 cm³/mol. The first-order chi connectivity index (χ1) is 10.9. The molecule has 0 aliphatic carbocycles. The summed E-state index contributed by atoms with van der Waals surface area (Å²) in [6.07, 6.45) is 0. The Morgan fingerprint density at radius 3 is 2.57 bits per heavy atom. The molecule has 23 heavy (non-hydrogen) atoms. The SMILES string of the molecule is Cc1ccc(S(=O)(=O)Nc2cc(Br)c3nc(NN)sc3c2)cc1. The van der Waals surface area contributed by atoms with Crippen molar-refractivity contribution in [2.24, 2.45) is 5.84 Å². The van der Waals surface area contributed by atoms with E-state index in [4.69, 9.17) is 5.84 Å². The number of nitrogen functional groups attached to an aromatic ring is 1. The Morgan fingerprint density at radius 2 is 1.91 bits per heavy atom. The first kappa shape index (κ1) is 16.2. The van der Waals surface area contributed by atoms with E-state index in [9.17, 15) is 8.42 Å². The van der Waals surface area contributed by atoms with Crippen LogP contribution in [0.25, 0.3) is 10.2 Å². The maximum Gasteiger partial charge on any atom is 0.261 e. The number of benzene rings is 2. The molecule has 0 saturated carbocycles. The molecule has 0 aliphatic heterocycles. The number of nitrogens with zero attached hydrogens (tertiary/aromatic N) is 1. The van der Waals surface area contributed by atoms with E-state index in [0.717, 1.165) is 15.8 Å². The van der Waals surface area contributed by atoms with E-state index in [0.29, 0.717) is 15.3 Å². The van der Waals surface area contributed by atoms with Crippen LogP contribution >= 0.6 is 27.3 Å². The van der Waals surface area contributed by atoms with E-state index in [1.54, 1.807) is 36.4 Å². The molecular weight excluding hydrogens is 400 g/mol. The van der Waals surface area contributed by atoms with Gasteiger partial charge in [-0.25, -0.2) is 19.2 Å². The van der Waals surface area contributed by atoms with Crippen molar-refractivity contribution in [2.75, 3.05) is 10.1 Å². The monoisotopic (exact) mass is 412 g/mol. The highest BCUT2D eigenvalue weighted by Crippen LogP contribution is 2.34. The van der Waals surface area contributed by atoms with E-state index in [1.807, 2.05) is 6.92 Å². The van der Waals surface area contributed by atoms with Crippen LogP contribution in [0.1, 0.15) is 5.56 Å². The Kier molecular flexibility index (Phi) is 4.28. The smallest absolute Gasteiger partial charge is 0.261 e. The minimum absolute atomic E-state index is 0.216. The summed E-state index contributed by atoms with van der Waals surface area (Å²) in [6.45, 7) is 1.90. The molecule has 3 aromatic rings. The van der Waals surface area contributed by atoms with Gasteiger partial charge in [0, 0.05) is 4.47 Å². The number of hydrazine groups is 1. The molecule has 0 atom stereocenters. The zero-order valence-electron chi connectivity index (χ0n) is 12.0. The zero-order chi connectivity index (χ0) is 16.6. The van der Waals surface area contributed by atoms with Crippen LogP contribution in [0.15, 0.2) is 45.8 Å². The van der Waals surface area contributed by atoms with Gasteiger partial charge in [-0.15, -0.1) is 0 Å². The second-order valence-electron chi connectivity index (χ2n) is 4.89. The highest BCUT2D eigenvalue weighted by Gasteiger charge is 2.16. The van der Waals surface area contributed by atoms with Crippen LogP contribution in [-0.2, 0) is 10.0 Å². The summed E-state index contributed by atoms with van der Waals surface area (Å²) in [7, 11) is -3.64. The lowest BCUT2D eigenvalue weighted by Crippen LogP contribution is -2.12. The number of hydrogen-bond donors (Lipinski definition) is 3. The Morgan fingerprint density at radius 1 is 1.22 bits per heavy atom. The zero-order valence-corrected chi connectivity index (χ0v) is 15.2. The summed E-state index contributed by atoms with van der Waals surface area (Å²) in [5.74, 6) is 5.36. The number of sulfonamides is 1. The van der Waals surface area contributed by atoms with Gasteiger partial charge in [-0.3, -0.25) is 10.1 Å². The van der Waals surface area contributed by atoms with E-state index < -0.39 is 10.0 Å². The maximum absolute atomic E-state index is 12.5. The first-order valence-electron chi connectivity index (χ1n) is 6.55. The first-order valence-corrected chi connectivity index (χ1v) is 9.64. The Balaban J connectivity index is 1.98. The average Bonchev–Trinajstić information content (AvgIpc) is 2.91. The molecule has 0 bridgehead atoms. The van der Waals surface area contributed by atoms with Crippen LogP contribution in [-0.4, -0.2) is 13.4 Å². The number of hydrogen-bond acceptors (Lipinski definition) is 6. The van der Waals surface area contributed by atoms with Gasteiger partial charge in [-0.05, 0) is 47.1 Å². The van der Waals surface area contributed by atoms with Gasteiger partial charge in [0.1, 0.15) is 0 Å². The summed E-state index contributed by atoms with van der Waals surface area (Å²) in [6, 6.07) is 10.1. The number of aryl methyl sites for hydroxylation is 1. The molecular formula is C14H13BrN4O2S2. The van der Waals surface area contributed by atoms with Gasteiger partial charge in [-0.1, -0.05) is 29.0 Å². The second-order valence-corrected chi connectivity index (χ2v) is 8.45. The fourth-order valence-corrected chi connectivity index (χ4v) is 4.60. The van der Waals surface area contributed by atoms with Crippen LogP contribution in [0.5, 0.6) is 0 Å². The van der Waals surface area contributed by atoms with E-state index in [1.165, 1.54) is 11.3 Å². The van der Waals surface area contributed by atoms with Crippen molar-refractivity contribution in [3.8, 4) is 0 Å². The van der Waals surface area contributed by atoms with Crippen molar-refractivity contribution in [1.82, 2.24) is 4.98 Å². The second kappa shape index (κ2) is 6.08. The summed E-state index contributed by atoms with van der Waals surface area (Å²) < 4.78 is 29.0. The van der Waals surface area contributed by atoms with Gasteiger partial charge in [0.2, 0.25) is 0 Å². The minimum atomic E-state index is -3.64. The number of rotatable bonds is 4. The van der Waals surface area contributed by atoms with Gasteiger partial charge in [0.25, 0.3) is 10.0 Å². The summed E-state index contributed by atoms with van der Waals surface area (Å²) in [5, 5.41) is 0.555. The molecule has 9 heteroatoms. The molecule has 4 N–H and O–H groups in total. The molecule has 1 heterocycles. The molecule has 120 valence electrons. The van der Waals surface area contributed by atoms with Crippen LogP contribution < -0.4 is 16.0 Å². The number of fused-ring (bicyclic) bond motifs is 1. The fraction of sp³-hybridized carbons (Fsp3) is 0.0714. The lowest BCUT2D eigenvalue weighted by molar-refractivity contribution is 0.601. The molecule has 0 aliphatic rings. The molecule has 0 spiro atoms. The Hall–Kier alpha value is -1.68. The van der Waals surface area contributed by atoms with Gasteiger partial charge >= 0.3 is 0 Å². The lowest BCUT2D eigenvalue weighted by Gasteiger charge is -2.09. The summed E-state index contributed by atoms with van der Waals surface area (Å²) in [5.41, 5.74) is 4.67. The van der Waals surface area contributed by atoms with E-state index in [2.05, 4.69) is 31.1 Å². The largest absolute Gasteiger partial charge is 0.300 e. The quantitative estimate of drug-likeness (QED) is 0.450. The van der Waals surface area contributed by atoms with Crippen molar-refractivity contribution in [3.63, 3.8) is 0 Å². The molecule has 2 aromatic carbocycles. The van der Waals surface area contributed by atoms with Crippen molar-refractivity contribution >= 4 is 58.3 Å². The van der Waals surface area contributed by atoms with Crippen LogP contribution in [0.4, 0.5) is 10.8 Å². The third-order valence-electron chi connectivity index (χ3n) is 3.16. The Labute approximate surface area is 145 Å². The molecule has 0 radical (unpaired) electrons. The average molecular weight is 413 g/mol. The van der Waals surface area contributed by atoms with E-state index in [-0.39, 0.29) is 4.90 Å². The highest BCUT2D eigenvalue weighted by molar-refractivity contribution is 9.10. The number of nitrogens with two attached hydrogens (primary N) is 1. The Bertz CT molecular complexity index is 968. The number of nitrogens with one attached hydrogen (secondary N) is 2. The number of thiazole rings is 1. The third kappa shape index (κ3) is 3.32. The molecule has 0 unspecified atom stereocenters. The molecule has 0 saturated heterocycles. The maximum atomic E-state index is 12.5. The van der Waals surface area contributed by atoms with Crippen LogP contribution in [0, 0.1) is 6.92 Å². The minimum Gasteiger partial charge on any atom is -0.300 e. The van der Waals surface area contributed by atoms with Crippen LogP contribution in [0.2, 0.25) is 0 Å². The van der Waals surface area contributed by atoms with Gasteiger partial charge in [-0.2, -0.15) is 0 Å². The number of anilines is 2. The van der Waals surface area contributed by atoms with Crippen molar-refractivity contribution in [2.45, 2.75) is 11.8 Å². The van der Waals surface area contributed by atoms with Crippen molar-refractivity contribution < 1.29 is 8.42 Å². The molecule has 3 rings (SSSR count). The summed E-state index contributed by atoms with van der Waals surface area (Å²) >= 11 is 4.74. The predicted octanol–water partition coefficient (Wildman–Crippen LogP) is 3.45. The molecule has 6 nitrogen and oxygen atoms in total. The number of aromatic nitrogens is 1. The molecule has 0 amide bonds. The summed E-state index contributed by atoms with van der Waals surface area (Å²) in [4.78, 5) is 4.51. The van der Waals surface area contributed by atoms with E-state index >= 15 is 0 Å². The van der Waals surface area contributed by atoms with Gasteiger partial charge in [0.15, 0.2) is 5.13 Å². The third-order valence-corrected chi connectivity index (χ3v) is 6.09. The highest BCUT2D eigenvalue weighted by atomic mass is 79.9. The van der Waals surface area contributed by atoms with Gasteiger partial charge in [0.05, 0.1) is 20.8 Å². The van der Waals surface area contributed by atoms with Crippen molar-refractivity contribution in [1.29, 1.82) is 0 Å². The van der Waals surface area contributed by atoms with Gasteiger partial charge < -0.3 is 0 Å².